The van der Waals surface area contributed by atoms with Crippen LogP contribution >= 0.6 is 11.3 Å². The van der Waals surface area contributed by atoms with E-state index in [4.69, 9.17) is 0 Å². The predicted octanol–water partition coefficient (Wildman–Crippen LogP) is 1.94. The number of methoxy groups -OCH3 is 1. The Morgan fingerprint density at radius 1 is 1.19 bits per heavy atom. The van der Waals surface area contributed by atoms with Crippen molar-refractivity contribution < 1.29 is 22.7 Å². The number of aryl methyl sites for hydroxylation is 2. The highest BCUT2D eigenvalue weighted by Crippen LogP contribution is 2.31. The molecule has 1 aromatic carbocycles. The molecule has 0 atom stereocenters. The molecule has 0 bridgehead atoms. The molecule has 0 aliphatic heterocycles. The van der Waals surface area contributed by atoms with Crippen molar-refractivity contribution >= 4 is 38.9 Å². The number of benzene rings is 1. The lowest BCUT2D eigenvalue weighted by Crippen LogP contribution is -2.30. The van der Waals surface area contributed by atoms with Crippen molar-refractivity contribution in [1.29, 1.82) is 0 Å². The lowest BCUT2D eigenvalue weighted by Gasteiger charge is -2.07. The summed E-state index contributed by atoms with van der Waals surface area (Å²) < 4.78 is 30.7. The molecule has 2 N–H and O–H groups in total. The van der Waals surface area contributed by atoms with Crippen LogP contribution in [0.15, 0.2) is 35.2 Å². The van der Waals surface area contributed by atoms with E-state index in [0.29, 0.717) is 10.6 Å². The highest BCUT2D eigenvalue weighted by Gasteiger charge is 2.19. The largest absolute Gasteiger partial charge is 0.468 e. The Labute approximate surface area is 155 Å². The van der Waals surface area contributed by atoms with Crippen LogP contribution in [0.4, 0.5) is 5.69 Å². The number of rotatable bonds is 6. The number of hydrogen-bond acceptors (Lipinski definition) is 6. The van der Waals surface area contributed by atoms with Crippen molar-refractivity contribution in [1.82, 2.24) is 4.72 Å². The highest BCUT2D eigenvalue weighted by molar-refractivity contribution is 7.89. The molecule has 0 saturated heterocycles. The number of carbonyl (C=O) groups is 2. The van der Waals surface area contributed by atoms with Crippen LogP contribution in [0.2, 0.25) is 0 Å². The molecule has 0 radical (unpaired) electrons. The van der Waals surface area contributed by atoms with E-state index >= 15 is 0 Å². The van der Waals surface area contributed by atoms with Crippen LogP contribution in [0.3, 0.4) is 0 Å². The first-order valence-corrected chi connectivity index (χ1v) is 10.3. The Kier molecular flexibility index (Phi) is 5.40. The number of hydrogen-bond donors (Lipinski definition) is 2. The molecule has 1 aliphatic carbocycles. The lowest BCUT2D eigenvalue weighted by atomic mass is 10.2. The quantitative estimate of drug-likeness (QED) is 0.729. The van der Waals surface area contributed by atoms with Gasteiger partial charge >= 0.3 is 5.97 Å². The smallest absolute Gasteiger partial charge is 0.320 e. The number of sulfonamides is 1. The summed E-state index contributed by atoms with van der Waals surface area (Å²) in [5.74, 6) is -0.885. The summed E-state index contributed by atoms with van der Waals surface area (Å²) >= 11 is 1.51. The van der Waals surface area contributed by atoms with Gasteiger partial charge < -0.3 is 10.1 Å². The molecular formula is C17H18N2O5S2. The molecule has 0 saturated carbocycles. The number of fused-ring (bicyclic) bond motifs is 1. The first kappa shape index (κ1) is 18.6. The van der Waals surface area contributed by atoms with Gasteiger partial charge in [0.1, 0.15) is 6.54 Å². The van der Waals surface area contributed by atoms with Gasteiger partial charge in [0.15, 0.2) is 0 Å². The van der Waals surface area contributed by atoms with Gasteiger partial charge in [0, 0.05) is 10.6 Å². The average Bonchev–Trinajstić information content (AvgIpc) is 3.22. The van der Waals surface area contributed by atoms with Gasteiger partial charge in [-0.25, -0.2) is 8.42 Å². The van der Waals surface area contributed by atoms with Crippen LogP contribution in [0, 0.1) is 0 Å². The zero-order valence-corrected chi connectivity index (χ0v) is 15.7. The first-order valence-electron chi connectivity index (χ1n) is 7.98. The number of ether oxygens (including phenoxy) is 1. The third-order valence-electron chi connectivity index (χ3n) is 4.03. The maximum atomic E-state index is 12.3. The SMILES string of the molecule is COC(=O)CNS(=O)(=O)c1ccc(NC(=O)c2cc3c(s2)CCC3)cc1. The van der Waals surface area contributed by atoms with E-state index < -0.39 is 22.5 Å². The minimum Gasteiger partial charge on any atom is -0.468 e. The van der Waals surface area contributed by atoms with E-state index in [9.17, 15) is 18.0 Å². The van der Waals surface area contributed by atoms with Crippen LogP contribution in [-0.2, 0) is 32.4 Å². The zero-order chi connectivity index (χ0) is 18.7. The molecule has 2 aromatic rings. The molecule has 26 heavy (non-hydrogen) atoms. The van der Waals surface area contributed by atoms with Gasteiger partial charge in [0.25, 0.3) is 5.91 Å². The topological polar surface area (TPSA) is 102 Å². The van der Waals surface area contributed by atoms with Crippen LogP contribution in [0.1, 0.15) is 26.5 Å². The van der Waals surface area contributed by atoms with E-state index in [1.807, 2.05) is 6.07 Å². The Morgan fingerprint density at radius 3 is 2.58 bits per heavy atom. The Bertz CT molecular complexity index is 911. The fourth-order valence-corrected chi connectivity index (χ4v) is 4.78. The summed E-state index contributed by atoms with van der Waals surface area (Å²) in [6, 6.07) is 7.67. The second-order valence-corrected chi connectivity index (χ2v) is 8.70. The molecule has 0 spiro atoms. The minimum atomic E-state index is -3.82. The summed E-state index contributed by atoms with van der Waals surface area (Å²) in [6.07, 6.45) is 3.19. The fourth-order valence-electron chi connectivity index (χ4n) is 2.66. The summed E-state index contributed by atoms with van der Waals surface area (Å²) in [5, 5.41) is 2.77. The molecule has 0 unspecified atom stereocenters. The summed E-state index contributed by atoms with van der Waals surface area (Å²) in [7, 11) is -2.65. The second-order valence-electron chi connectivity index (χ2n) is 5.79. The number of amides is 1. The van der Waals surface area contributed by atoms with E-state index in [0.717, 1.165) is 19.3 Å². The number of nitrogens with one attached hydrogen (secondary N) is 2. The maximum Gasteiger partial charge on any atom is 0.320 e. The molecule has 138 valence electrons. The van der Waals surface area contributed by atoms with Gasteiger partial charge in [-0.05, 0) is 55.2 Å². The Hall–Kier alpha value is -2.23. The molecule has 1 amide bonds. The molecule has 0 fully saturated rings. The van der Waals surface area contributed by atoms with E-state index in [1.165, 1.54) is 53.2 Å². The van der Waals surface area contributed by atoms with Crippen LogP contribution in [-0.4, -0.2) is 33.9 Å². The highest BCUT2D eigenvalue weighted by atomic mass is 32.2. The molecular weight excluding hydrogens is 376 g/mol. The van der Waals surface area contributed by atoms with Crippen molar-refractivity contribution in [2.24, 2.45) is 0 Å². The summed E-state index contributed by atoms with van der Waals surface area (Å²) in [5.41, 5.74) is 1.74. The Morgan fingerprint density at radius 2 is 1.92 bits per heavy atom. The van der Waals surface area contributed by atoms with Crippen molar-refractivity contribution in [3.8, 4) is 0 Å². The number of esters is 1. The van der Waals surface area contributed by atoms with Crippen LogP contribution < -0.4 is 10.0 Å². The molecule has 1 aromatic heterocycles. The molecule has 7 nitrogen and oxygen atoms in total. The Balaban J connectivity index is 1.65. The third kappa shape index (κ3) is 4.12. The van der Waals surface area contributed by atoms with E-state index in [2.05, 4.69) is 14.8 Å². The van der Waals surface area contributed by atoms with Crippen LogP contribution in [0.25, 0.3) is 0 Å². The van der Waals surface area contributed by atoms with Crippen molar-refractivity contribution in [2.75, 3.05) is 19.0 Å². The average molecular weight is 394 g/mol. The first-order chi connectivity index (χ1) is 12.4. The number of carbonyl (C=O) groups excluding carboxylic acids is 2. The van der Waals surface area contributed by atoms with Gasteiger partial charge in [-0.3, -0.25) is 9.59 Å². The van der Waals surface area contributed by atoms with E-state index in [-0.39, 0.29) is 10.8 Å². The molecule has 9 heteroatoms. The minimum absolute atomic E-state index is 0.00509. The van der Waals surface area contributed by atoms with Gasteiger partial charge in [-0.1, -0.05) is 0 Å². The van der Waals surface area contributed by atoms with Gasteiger partial charge in [0.2, 0.25) is 10.0 Å². The monoisotopic (exact) mass is 394 g/mol. The number of anilines is 1. The standard InChI is InChI=1S/C17H18N2O5S2/c1-24-16(20)10-18-26(22,23)13-7-5-12(6-8-13)19-17(21)15-9-11-3-2-4-14(11)25-15/h5-9,18H,2-4,10H2,1H3,(H,19,21). The molecule has 1 heterocycles. The van der Waals surface area contributed by atoms with Gasteiger partial charge in [-0.15, -0.1) is 11.3 Å². The third-order valence-corrected chi connectivity index (χ3v) is 6.68. The maximum absolute atomic E-state index is 12.3. The van der Waals surface area contributed by atoms with Gasteiger partial charge in [-0.2, -0.15) is 4.72 Å². The molecule has 3 rings (SSSR count). The van der Waals surface area contributed by atoms with Crippen molar-refractivity contribution in [3.05, 3.63) is 45.6 Å². The van der Waals surface area contributed by atoms with Crippen molar-refractivity contribution in [2.45, 2.75) is 24.2 Å². The normalized spacial score (nSPS) is 13.3. The predicted molar refractivity (Wildman–Crippen MR) is 97.9 cm³/mol. The molecule has 1 aliphatic rings. The summed E-state index contributed by atoms with van der Waals surface area (Å²) in [4.78, 5) is 25.3. The fraction of sp³-hybridized carbons (Fsp3) is 0.294. The van der Waals surface area contributed by atoms with Crippen LogP contribution in [0.5, 0.6) is 0 Å². The summed E-state index contributed by atoms with van der Waals surface area (Å²) in [6.45, 7) is -0.444. The zero-order valence-electron chi connectivity index (χ0n) is 14.1. The van der Waals surface area contributed by atoms with Gasteiger partial charge in [0.05, 0.1) is 16.9 Å². The van der Waals surface area contributed by atoms with E-state index in [1.54, 1.807) is 0 Å². The lowest BCUT2D eigenvalue weighted by molar-refractivity contribution is -0.139. The second kappa shape index (κ2) is 7.56. The number of thiophene rings is 1. The van der Waals surface area contributed by atoms with Crippen molar-refractivity contribution in [3.63, 3.8) is 0 Å².